The van der Waals surface area contributed by atoms with Crippen LogP contribution in [0.2, 0.25) is 0 Å². The van der Waals surface area contributed by atoms with Gasteiger partial charge in [0.25, 0.3) is 0 Å². The van der Waals surface area contributed by atoms with Crippen LogP contribution in [0.15, 0.2) is 23.3 Å². The van der Waals surface area contributed by atoms with Crippen molar-refractivity contribution < 1.29 is 145 Å². The Kier molecular flexibility index (Phi) is 11.7. The maximum absolute atomic E-state index is 13.7. The van der Waals surface area contributed by atoms with Crippen LogP contribution in [0.4, 0.5) is 145 Å². The Hall–Kier alpha value is -2.83. The summed E-state index contributed by atoms with van der Waals surface area (Å²) < 4.78 is 434. The molecule has 0 amide bonds. The third kappa shape index (κ3) is 6.14. The van der Waals surface area contributed by atoms with Gasteiger partial charge in [0.15, 0.2) is 0 Å². The van der Waals surface area contributed by atoms with Crippen LogP contribution in [-0.4, -0.2) is 83.7 Å². The SMILES string of the molecule is FC(=C(F)C(F)(F)C(F)(F)C(F)(F)C(F)(F)C(F)(F)F)C(F)(F)C(F)=C(F)C(F)(F)C(F)(F)C(F)(F)C(F)(F)C(F)(F)C(F)(F)C(F)(F)C(F)F. The Morgan fingerprint density at radius 2 is 0.490 bits per heavy atom. The molecule has 0 atom stereocenters. The van der Waals surface area contributed by atoms with E-state index >= 15 is 0 Å². The van der Waals surface area contributed by atoms with Crippen molar-refractivity contribution in [3.63, 3.8) is 0 Å². The smallest absolute Gasteiger partial charge is 0.203 e. The van der Waals surface area contributed by atoms with Crippen LogP contribution in [0.25, 0.3) is 0 Å². The molecule has 304 valence electrons. The van der Waals surface area contributed by atoms with Gasteiger partial charge in [-0.15, -0.1) is 0 Å². The topological polar surface area (TPSA) is 0 Å². The van der Waals surface area contributed by atoms with Crippen LogP contribution in [0.1, 0.15) is 0 Å². The van der Waals surface area contributed by atoms with Gasteiger partial charge in [0.1, 0.15) is 0 Å². The molecule has 0 aliphatic heterocycles. The molecular formula is C18HF33. The number of alkyl halides is 29. The summed E-state index contributed by atoms with van der Waals surface area (Å²) in [5.74, 6) is -131. The second kappa shape index (κ2) is 12.4. The highest BCUT2D eigenvalue weighted by atomic mass is 19.4. The fraction of sp³-hybridized carbons (Fsp3) is 0.778. The quantitative estimate of drug-likeness (QED) is 0.153. The van der Waals surface area contributed by atoms with Crippen LogP contribution in [0, 0.1) is 0 Å². The molecule has 0 N–H and O–H groups in total. The summed E-state index contributed by atoms with van der Waals surface area (Å²) in [6, 6.07) is 0. The number of allylic oxidation sites excluding steroid dienone is 4. The molecule has 51 heavy (non-hydrogen) atoms. The molecule has 0 aliphatic rings. The lowest BCUT2D eigenvalue weighted by Gasteiger charge is -2.42. The molecule has 0 fully saturated rings. The van der Waals surface area contributed by atoms with Crippen molar-refractivity contribution in [3.05, 3.63) is 23.3 Å². The van der Waals surface area contributed by atoms with E-state index in [1.165, 1.54) is 0 Å². The van der Waals surface area contributed by atoms with Crippen LogP contribution < -0.4 is 0 Å². The van der Waals surface area contributed by atoms with E-state index in [4.69, 9.17) is 0 Å². The highest BCUT2D eigenvalue weighted by molar-refractivity contribution is 5.32. The van der Waals surface area contributed by atoms with E-state index < -0.39 is 107 Å². The number of hydrogen-bond donors (Lipinski definition) is 0. The minimum Gasteiger partial charge on any atom is -0.203 e. The molecule has 0 aromatic carbocycles. The zero-order chi connectivity index (χ0) is 42.4. The summed E-state index contributed by atoms with van der Waals surface area (Å²) in [6.45, 7) is 0. The highest BCUT2D eigenvalue weighted by Crippen LogP contribution is 2.65. The van der Waals surface area contributed by atoms with Gasteiger partial charge >= 0.3 is 83.7 Å². The summed E-state index contributed by atoms with van der Waals surface area (Å²) in [6.07, 6.45) is -14.5. The largest absolute Gasteiger partial charge is 0.460 e. The number of halogens is 33. The van der Waals surface area contributed by atoms with Gasteiger partial charge in [-0.25, -0.2) is 26.3 Å². The van der Waals surface area contributed by atoms with Gasteiger partial charge in [0, 0.05) is 0 Å². The molecule has 0 unspecified atom stereocenters. The van der Waals surface area contributed by atoms with Crippen molar-refractivity contribution >= 4 is 0 Å². The van der Waals surface area contributed by atoms with Crippen LogP contribution in [-0.2, 0) is 0 Å². The van der Waals surface area contributed by atoms with E-state index in [2.05, 4.69) is 0 Å². The summed E-state index contributed by atoms with van der Waals surface area (Å²) in [4.78, 5) is 0. The zero-order valence-corrected chi connectivity index (χ0v) is 21.6. The summed E-state index contributed by atoms with van der Waals surface area (Å²) in [7, 11) is 0. The van der Waals surface area contributed by atoms with Crippen LogP contribution in [0.5, 0.6) is 0 Å². The van der Waals surface area contributed by atoms with Gasteiger partial charge in [0.2, 0.25) is 23.3 Å². The van der Waals surface area contributed by atoms with Gasteiger partial charge in [-0.05, 0) is 0 Å². The van der Waals surface area contributed by atoms with Crippen LogP contribution in [0.3, 0.4) is 0 Å². The first-order chi connectivity index (χ1) is 21.6. The average molecular weight is 844 g/mol. The van der Waals surface area contributed by atoms with Crippen molar-refractivity contribution in [1.82, 2.24) is 0 Å². The Labute approximate surface area is 253 Å². The third-order valence-electron chi connectivity index (χ3n) is 5.69. The molecule has 0 saturated heterocycles. The predicted molar refractivity (Wildman–Crippen MR) is 89.9 cm³/mol. The predicted octanol–water partition coefficient (Wildman–Crippen LogP) is 11.7. The van der Waals surface area contributed by atoms with Crippen molar-refractivity contribution in [2.75, 3.05) is 0 Å². The van der Waals surface area contributed by atoms with E-state index in [0.717, 1.165) is 0 Å². The molecule has 0 aromatic rings. The minimum absolute atomic E-state index is 5.97. The van der Waals surface area contributed by atoms with Gasteiger partial charge in [-0.2, -0.15) is 119 Å². The lowest BCUT2D eigenvalue weighted by molar-refractivity contribution is -0.445. The summed E-state index contributed by atoms with van der Waals surface area (Å²) in [5.41, 5.74) is 0. The molecule has 0 radical (unpaired) electrons. The zero-order valence-electron chi connectivity index (χ0n) is 21.6. The standard InChI is InChI=1S/C18HF33/c19-1(6(25,26)2(20)4(22)8(29,30)11(35,36)15(43,44)17(47,48)18(49,50)51)3(21)7(27,28)10(33,34)13(39,40)16(45,46)14(41,42)12(37,38)9(31,32)5(23)24/h5H. The van der Waals surface area contributed by atoms with Crippen molar-refractivity contribution in [2.24, 2.45) is 0 Å². The molecule has 33 heteroatoms. The number of rotatable bonds is 14. The summed E-state index contributed by atoms with van der Waals surface area (Å²) in [5, 5.41) is 0. The second-order valence-corrected chi connectivity index (χ2v) is 9.00. The van der Waals surface area contributed by atoms with E-state index in [9.17, 15) is 145 Å². The normalized spacial score (nSPS) is 17.5. The molecule has 0 bridgehead atoms. The maximum atomic E-state index is 13.7. The fourth-order valence-electron chi connectivity index (χ4n) is 2.63. The van der Waals surface area contributed by atoms with Gasteiger partial charge in [-0.1, -0.05) is 0 Å². The highest BCUT2D eigenvalue weighted by Gasteiger charge is 2.94. The Balaban J connectivity index is 7.58. The first kappa shape index (κ1) is 48.2. The lowest BCUT2D eigenvalue weighted by Crippen LogP contribution is -2.73. The molecule has 0 spiro atoms. The lowest BCUT2D eigenvalue weighted by atomic mass is 9.88. The van der Waals surface area contributed by atoms with Gasteiger partial charge in [-0.3, -0.25) is 0 Å². The van der Waals surface area contributed by atoms with Gasteiger partial charge < -0.3 is 0 Å². The third-order valence-corrected chi connectivity index (χ3v) is 5.69. The van der Waals surface area contributed by atoms with E-state index in [1.54, 1.807) is 0 Å². The van der Waals surface area contributed by atoms with E-state index in [1.807, 2.05) is 0 Å². The number of hydrogen-bond acceptors (Lipinski definition) is 0. The van der Waals surface area contributed by atoms with Crippen LogP contribution >= 0.6 is 0 Å². The first-order valence-corrected chi connectivity index (χ1v) is 10.6. The van der Waals surface area contributed by atoms with Crippen molar-refractivity contribution in [2.45, 2.75) is 83.7 Å². The van der Waals surface area contributed by atoms with Crippen molar-refractivity contribution in [1.29, 1.82) is 0 Å². The molecule has 0 heterocycles. The minimum atomic E-state index is -9.51. The Bertz CT molecular complexity index is 1350. The van der Waals surface area contributed by atoms with Gasteiger partial charge in [0.05, 0.1) is 0 Å². The summed E-state index contributed by atoms with van der Waals surface area (Å²) >= 11 is 0. The molecule has 0 aromatic heterocycles. The van der Waals surface area contributed by atoms with Crippen molar-refractivity contribution in [3.8, 4) is 0 Å². The molecule has 0 rings (SSSR count). The maximum Gasteiger partial charge on any atom is 0.460 e. The van der Waals surface area contributed by atoms with E-state index in [-0.39, 0.29) is 0 Å². The monoisotopic (exact) mass is 844 g/mol. The first-order valence-electron chi connectivity index (χ1n) is 10.6. The van der Waals surface area contributed by atoms with E-state index in [0.29, 0.717) is 0 Å². The Morgan fingerprint density at radius 1 is 0.275 bits per heavy atom. The second-order valence-electron chi connectivity index (χ2n) is 9.00. The molecule has 0 nitrogen and oxygen atoms in total. The molecule has 0 aliphatic carbocycles. The molecule has 0 saturated carbocycles. The fourth-order valence-corrected chi connectivity index (χ4v) is 2.63. The Morgan fingerprint density at radius 3 is 0.725 bits per heavy atom. The average Bonchev–Trinajstić information content (AvgIpc) is 2.93. The molecular weight excluding hydrogens is 843 g/mol.